The molecule has 0 spiro atoms. The average Bonchev–Trinajstić information content (AvgIpc) is 2.46. The Morgan fingerprint density at radius 3 is 2.29 bits per heavy atom. The summed E-state index contributed by atoms with van der Waals surface area (Å²) in [6, 6.07) is 3.53. The molecule has 0 atom stereocenters. The molecule has 0 aromatic heterocycles. The number of hydrogen-bond acceptors (Lipinski definition) is 6. The molecule has 118 valence electrons. The number of benzene rings is 1. The molecule has 0 saturated heterocycles. The largest absolute Gasteiger partial charge is 0.323 e. The van der Waals surface area contributed by atoms with Crippen molar-refractivity contribution in [2.45, 2.75) is 31.6 Å². The van der Waals surface area contributed by atoms with Crippen molar-refractivity contribution in [1.82, 2.24) is 4.31 Å². The molecule has 0 aliphatic rings. The quantitative estimate of drug-likeness (QED) is 0.428. The van der Waals surface area contributed by atoms with Gasteiger partial charge >= 0.3 is 0 Å². The Kier molecular flexibility index (Phi) is 6.06. The first-order valence-corrected chi connectivity index (χ1v) is 8.07. The molecule has 1 rings (SSSR count). The minimum Gasteiger partial charge on any atom is -0.323 e. The number of nitrogens with two attached hydrogens (primary N) is 1. The predicted molar refractivity (Wildman–Crippen MR) is 80.2 cm³/mol. The van der Waals surface area contributed by atoms with Crippen LogP contribution in [-0.4, -0.2) is 30.7 Å². The van der Waals surface area contributed by atoms with Crippen LogP contribution < -0.4 is 11.3 Å². The van der Waals surface area contributed by atoms with Gasteiger partial charge in [0, 0.05) is 25.2 Å². The SMILES string of the molecule is CCCN(CCC)S(=O)(=O)c1cc([N+](=O)[O-])ccc1NN. The summed E-state index contributed by atoms with van der Waals surface area (Å²) < 4.78 is 26.7. The summed E-state index contributed by atoms with van der Waals surface area (Å²) in [5.41, 5.74) is 2.12. The highest BCUT2D eigenvalue weighted by atomic mass is 32.2. The van der Waals surface area contributed by atoms with Crippen LogP contribution in [0.2, 0.25) is 0 Å². The zero-order valence-corrected chi connectivity index (χ0v) is 12.9. The van der Waals surface area contributed by atoms with Gasteiger partial charge in [0.05, 0.1) is 10.6 Å². The van der Waals surface area contributed by atoms with E-state index >= 15 is 0 Å². The lowest BCUT2D eigenvalue weighted by Gasteiger charge is -2.22. The highest BCUT2D eigenvalue weighted by Gasteiger charge is 2.27. The van der Waals surface area contributed by atoms with Gasteiger partial charge in [-0.25, -0.2) is 8.42 Å². The Hall–Kier alpha value is -1.71. The number of non-ortho nitro benzene ring substituents is 1. The van der Waals surface area contributed by atoms with Crippen LogP contribution in [0.15, 0.2) is 23.1 Å². The van der Waals surface area contributed by atoms with Crippen molar-refractivity contribution < 1.29 is 13.3 Å². The second kappa shape index (κ2) is 7.34. The van der Waals surface area contributed by atoms with Crippen molar-refractivity contribution in [2.75, 3.05) is 18.5 Å². The predicted octanol–water partition coefficient (Wildman–Crippen LogP) is 1.69. The summed E-state index contributed by atoms with van der Waals surface area (Å²) in [7, 11) is -3.84. The molecule has 0 unspecified atom stereocenters. The van der Waals surface area contributed by atoms with Crippen LogP contribution in [0.5, 0.6) is 0 Å². The van der Waals surface area contributed by atoms with Gasteiger partial charge in [-0.1, -0.05) is 13.8 Å². The summed E-state index contributed by atoms with van der Waals surface area (Å²) >= 11 is 0. The molecule has 0 bridgehead atoms. The Balaban J connectivity index is 3.39. The summed E-state index contributed by atoms with van der Waals surface area (Å²) in [4.78, 5) is 10.0. The highest BCUT2D eigenvalue weighted by Crippen LogP contribution is 2.28. The van der Waals surface area contributed by atoms with Crippen LogP contribution in [0.25, 0.3) is 0 Å². The molecule has 1 aromatic carbocycles. The summed E-state index contributed by atoms with van der Waals surface area (Å²) in [6.45, 7) is 4.44. The van der Waals surface area contributed by atoms with Gasteiger partial charge in [-0.3, -0.25) is 16.0 Å². The van der Waals surface area contributed by atoms with Gasteiger partial charge in [0.1, 0.15) is 4.90 Å². The maximum atomic E-state index is 12.7. The van der Waals surface area contributed by atoms with Crippen LogP contribution in [0.3, 0.4) is 0 Å². The van der Waals surface area contributed by atoms with Crippen LogP contribution in [-0.2, 0) is 10.0 Å². The molecule has 21 heavy (non-hydrogen) atoms. The van der Waals surface area contributed by atoms with Gasteiger partial charge in [0.15, 0.2) is 0 Å². The minimum atomic E-state index is -3.84. The van der Waals surface area contributed by atoms with E-state index in [-0.39, 0.29) is 16.3 Å². The normalized spacial score (nSPS) is 11.6. The number of nitrogens with one attached hydrogen (secondary N) is 1. The van der Waals surface area contributed by atoms with E-state index in [2.05, 4.69) is 5.43 Å². The monoisotopic (exact) mass is 316 g/mol. The average molecular weight is 316 g/mol. The van der Waals surface area contributed by atoms with Gasteiger partial charge < -0.3 is 5.43 Å². The number of nitrogens with zero attached hydrogens (tertiary/aromatic N) is 2. The second-order valence-electron chi connectivity index (χ2n) is 4.49. The molecule has 9 heteroatoms. The van der Waals surface area contributed by atoms with E-state index < -0.39 is 14.9 Å². The summed E-state index contributed by atoms with van der Waals surface area (Å²) in [5, 5.41) is 10.8. The molecule has 1 aromatic rings. The standard InChI is InChI=1S/C12H20N4O4S/c1-3-7-15(8-4-2)21(19,20)12-9-10(16(17)18)5-6-11(12)14-13/h5-6,9,14H,3-4,7-8,13H2,1-2H3. The van der Waals surface area contributed by atoms with E-state index in [1.54, 1.807) is 0 Å². The van der Waals surface area contributed by atoms with E-state index in [0.29, 0.717) is 25.9 Å². The Morgan fingerprint density at radius 1 is 1.29 bits per heavy atom. The van der Waals surface area contributed by atoms with Crippen molar-refractivity contribution in [2.24, 2.45) is 5.84 Å². The number of rotatable bonds is 8. The first kappa shape index (κ1) is 17.3. The fourth-order valence-corrected chi connectivity index (χ4v) is 3.75. The fraction of sp³-hybridized carbons (Fsp3) is 0.500. The van der Waals surface area contributed by atoms with Crippen molar-refractivity contribution in [3.63, 3.8) is 0 Å². The molecule has 0 heterocycles. The molecule has 0 aliphatic heterocycles. The smallest absolute Gasteiger partial charge is 0.270 e. The fourth-order valence-electron chi connectivity index (χ4n) is 1.95. The third-order valence-electron chi connectivity index (χ3n) is 2.90. The molecule has 0 amide bonds. The number of sulfonamides is 1. The number of anilines is 1. The molecule has 3 N–H and O–H groups in total. The first-order valence-electron chi connectivity index (χ1n) is 6.63. The van der Waals surface area contributed by atoms with E-state index in [1.807, 2.05) is 13.8 Å². The third kappa shape index (κ3) is 3.90. The summed E-state index contributed by atoms with van der Waals surface area (Å²) in [5.74, 6) is 5.32. The number of nitro benzene ring substituents is 1. The Labute approximate surface area is 124 Å². The first-order chi connectivity index (χ1) is 9.88. The lowest BCUT2D eigenvalue weighted by Crippen LogP contribution is -2.33. The maximum absolute atomic E-state index is 12.7. The van der Waals surface area contributed by atoms with Gasteiger partial charge in [-0.2, -0.15) is 4.31 Å². The Morgan fingerprint density at radius 2 is 1.86 bits per heavy atom. The molecule has 0 radical (unpaired) electrons. The van der Waals surface area contributed by atoms with E-state index in [4.69, 9.17) is 5.84 Å². The molecule has 0 aliphatic carbocycles. The lowest BCUT2D eigenvalue weighted by molar-refractivity contribution is -0.385. The number of nitro groups is 1. The number of hydrogen-bond donors (Lipinski definition) is 2. The van der Waals surface area contributed by atoms with Crippen molar-refractivity contribution in [1.29, 1.82) is 0 Å². The van der Waals surface area contributed by atoms with Crippen LogP contribution >= 0.6 is 0 Å². The van der Waals surface area contributed by atoms with E-state index in [0.717, 1.165) is 6.07 Å². The van der Waals surface area contributed by atoms with Gasteiger partial charge in [-0.15, -0.1) is 0 Å². The van der Waals surface area contributed by atoms with Crippen LogP contribution in [0.1, 0.15) is 26.7 Å². The third-order valence-corrected chi connectivity index (χ3v) is 4.83. The Bertz CT molecular complexity index is 597. The topological polar surface area (TPSA) is 119 Å². The van der Waals surface area contributed by atoms with Gasteiger partial charge in [0.2, 0.25) is 10.0 Å². The van der Waals surface area contributed by atoms with E-state index in [9.17, 15) is 18.5 Å². The van der Waals surface area contributed by atoms with Crippen molar-refractivity contribution in [3.8, 4) is 0 Å². The molecule has 0 fully saturated rings. The van der Waals surface area contributed by atoms with E-state index in [1.165, 1.54) is 16.4 Å². The maximum Gasteiger partial charge on any atom is 0.270 e. The van der Waals surface area contributed by atoms with Crippen LogP contribution in [0, 0.1) is 10.1 Å². The lowest BCUT2D eigenvalue weighted by atomic mass is 10.3. The highest BCUT2D eigenvalue weighted by molar-refractivity contribution is 7.89. The zero-order valence-electron chi connectivity index (χ0n) is 12.1. The number of nitrogen functional groups attached to an aromatic ring is 1. The summed E-state index contributed by atoms with van der Waals surface area (Å²) in [6.07, 6.45) is 1.30. The van der Waals surface area contributed by atoms with Gasteiger partial charge in [0.25, 0.3) is 5.69 Å². The molecule has 0 saturated carbocycles. The number of hydrazine groups is 1. The van der Waals surface area contributed by atoms with Crippen molar-refractivity contribution in [3.05, 3.63) is 28.3 Å². The molecule has 8 nitrogen and oxygen atoms in total. The second-order valence-corrected chi connectivity index (χ2v) is 6.39. The minimum absolute atomic E-state index is 0.137. The van der Waals surface area contributed by atoms with Crippen molar-refractivity contribution >= 4 is 21.4 Å². The molecular formula is C12H20N4O4S. The van der Waals surface area contributed by atoms with Gasteiger partial charge in [-0.05, 0) is 18.9 Å². The van der Waals surface area contributed by atoms with Crippen LogP contribution in [0.4, 0.5) is 11.4 Å². The molecular weight excluding hydrogens is 296 g/mol. The zero-order chi connectivity index (χ0) is 16.0.